The van der Waals surface area contributed by atoms with Crippen LogP contribution in [0.3, 0.4) is 0 Å². The van der Waals surface area contributed by atoms with Gasteiger partial charge in [0.1, 0.15) is 25.0 Å². The molecule has 0 bridgehead atoms. The Hall–Kier alpha value is -3.32. The van der Waals surface area contributed by atoms with Crippen molar-refractivity contribution in [1.82, 2.24) is 10.1 Å². The fraction of sp³-hybridized carbons (Fsp3) is 0.273. The van der Waals surface area contributed by atoms with Crippen molar-refractivity contribution in [1.29, 1.82) is 0 Å². The summed E-state index contributed by atoms with van der Waals surface area (Å²) in [7, 11) is 1.92. The average molecular weight is 393 g/mol. The zero-order chi connectivity index (χ0) is 20.2. The van der Waals surface area contributed by atoms with E-state index in [0.717, 1.165) is 22.6 Å². The van der Waals surface area contributed by atoms with Crippen LogP contribution in [0.15, 0.2) is 59.1 Å². The number of ether oxygens (including phenoxy) is 2. The highest BCUT2D eigenvalue weighted by atomic mass is 16.6. The Bertz CT molecular complexity index is 987. The van der Waals surface area contributed by atoms with Crippen LogP contribution in [0, 0.1) is 6.92 Å². The molecule has 1 amide bonds. The van der Waals surface area contributed by atoms with Crippen LogP contribution in [0.1, 0.15) is 22.9 Å². The van der Waals surface area contributed by atoms with E-state index in [1.165, 1.54) is 0 Å². The number of rotatable bonds is 6. The van der Waals surface area contributed by atoms with Gasteiger partial charge in [-0.25, -0.2) is 0 Å². The van der Waals surface area contributed by atoms with Crippen LogP contribution in [0.5, 0.6) is 11.5 Å². The van der Waals surface area contributed by atoms with Crippen molar-refractivity contribution in [3.05, 3.63) is 71.5 Å². The summed E-state index contributed by atoms with van der Waals surface area (Å²) in [6.07, 6.45) is 0. The van der Waals surface area contributed by atoms with Gasteiger partial charge < -0.3 is 19.3 Å². The third kappa shape index (κ3) is 4.41. The Labute approximate surface area is 169 Å². The number of aryl methyl sites for hydroxylation is 1. The van der Waals surface area contributed by atoms with Crippen molar-refractivity contribution in [2.75, 3.05) is 25.6 Å². The number of aromatic nitrogens is 1. The fourth-order valence-corrected chi connectivity index (χ4v) is 3.43. The highest BCUT2D eigenvalue weighted by molar-refractivity contribution is 5.94. The molecule has 4 rings (SSSR count). The molecule has 7 heteroatoms. The number of hydrogen-bond acceptors (Lipinski definition) is 6. The first-order chi connectivity index (χ1) is 14.1. The molecule has 29 heavy (non-hydrogen) atoms. The second kappa shape index (κ2) is 8.36. The van der Waals surface area contributed by atoms with Crippen molar-refractivity contribution in [2.24, 2.45) is 0 Å². The van der Waals surface area contributed by atoms with Gasteiger partial charge in [-0.15, -0.1) is 0 Å². The van der Waals surface area contributed by atoms with Crippen LogP contribution in [-0.2, 0) is 11.3 Å². The maximum Gasteiger partial charge on any atom is 0.247 e. The lowest BCUT2D eigenvalue weighted by molar-refractivity contribution is -0.121. The third-order valence-electron chi connectivity index (χ3n) is 4.72. The summed E-state index contributed by atoms with van der Waals surface area (Å²) >= 11 is 0. The predicted octanol–water partition coefficient (Wildman–Crippen LogP) is 3.57. The number of carbonyl (C=O) groups is 1. The van der Waals surface area contributed by atoms with E-state index in [2.05, 4.69) is 10.5 Å². The zero-order valence-electron chi connectivity index (χ0n) is 16.4. The molecular formula is C22H23N3O4. The molecule has 0 radical (unpaired) electrons. The smallest absolute Gasteiger partial charge is 0.247 e. The fourth-order valence-electron chi connectivity index (χ4n) is 3.43. The Morgan fingerprint density at radius 3 is 2.59 bits per heavy atom. The highest BCUT2D eigenvalue weighted by Gasteiger charge is 2.26. The van der Waals surface area contributed by atoms with Gasteiger partial charge in [0.05, 0.1) is 0 Å². The quantitative estimate of drug-likeness (QED) is 0.690. The van der Waals surface area contributed by atoms with Gasteiger partial charge in [-0.1, -0.05) is 41.6 Å². The van der Waals surface area contributed by atoms with E-state index in [-0.39, 0.29) is 5.91 Å². The highest BCUT2D eigenvalue weighted by Crippen LogP contribution is 2.32. The van der Waals surface area contributed by atoms with Crippen molar-refractivity contribution in [3.8, 4) is 11.5 Å². The molecular weight excluding hydrogens is 370 g/mol. The van der Waals surface area contributed by atoms with Gasteiger partial charge >= 0.3 is 0 Å². The Kier molecular flexibility index (Phi) is 5.48. The average Bonchev–Trinajstić information content (AvgIpc) is 3.13. The molecule has 150 valence electrons. The van der Waals surface area contributed by atoms with E-state index in [0.29, 0.717) is 31.3 Å². The number of likely N-dealkylation sites (N-methyl/N-ethyl adjacent to an activating group) is 1. The van der Waals surface area contributed by atoms with Gasteiger partial charge in [-0.05, 0) is 37.2 Å². The summed E-state index contributed by atoms with van der Waals surface area (Å²) in [5.74, 6) is 2.36. The van der Waals surface area contributed by atoms with Crippen molar-refractivity contribution < 1.29 is 18.8 Å². The SMILES string of the molecule is Cc1cc(NC(=O)[C@H](c2ccccc2)N(C)Cc2ccc3c(c2)OCCO3)no1. The first-order valence-corrected chi connectivity index (χ1v) is 9.48. The summed E-state index contributed by atoms with van der Waals surface area (Å²) < 4.78 is 16.3. The summed E-state index contributed by atoms with van der Waals surface area (Å²) in [4.78, 5) is 15.1. The monoisotopic (exact) mass is 393 g/mol. The third-order valence-corrected chi connectivity index (χ3v) is 4.72. The molecule has 0 saturated carbocycles. The lowest BCUT2D eigenvalue weighted by atomic mass is 10.0. The molecule has 0 aliphatic carbocycles. The first-order valence-electron chi connectivity index (χ1n) is 9.48. The van der Waals surface area contributed by atoms with E-state index >= 15 is 0 Å². The van der Waals surface area contributed by atoms with Crippen LogP contribution in [0.25, 0.3) is 0 Å². The molecule has 0 saturated heterocycles. The number of amides is 1. The summed E-state index contributed by atoms with van der Waals surface area (Å²) in [6, 6.07) is 16.7. The largest absolute Gasteiger partial charge is 0.486 e. The van der Waals surface area contributed by atoms with Gasteiger partial charge in [-0.2, -0.15) is 0 Å². The molecule has 1 aliphatic heterocycles. The van der Waals surface area contributed by atoms with E-state index in [9.17, 15) is 4.79 Å². The molecule has 1 atom stereocenters. The second-order valence-corrected chi connectivity index (χ2v) is 7.02. The zero-order valence-corrected chi connectivity index (χ0v) is 16.4. The van der Waals surface area contributed by atoms with Crippen molar-refractivity contribution >= 4 is 11.7 Å². The number of carbonyl (C=O) groups excluding carboxylic acids is 1. The molecule has 2 heterocycles. The number of nitrogens with one attached hydrogen (secondary N) is 1. The maximum absolute atomic E-state index is 13.1. The first kappa shape index (κ1) is 19.0. The molecule has 1 aromatic heterocycles. The van der Waals surface area contributed by atoms with Crippen LogP contribution < -0.4 is 14.8 Å². The Morgan fingerprint density at radius 2 is 1.86 bits per heavy atom. The lowest BCUT2D eigenvalue weighted by Gasteiger charge is -2.28. The molecule has 1 aliphatic rings. The molecule has 1 N–H and O–H groups in total. The van der Waals surface area contributed by atoms with Gasteiger partial charge in [-0.3, -0.25) is 9.69 Å². The molecule has 3 aromatic rings. The summed E-state index contributed by atoms with van der Waals surface area (Å²) in [6.45, 7) is 3.44. The molecule has 0 unspecified atom stereocenters. The molecule has 0 spiro atoms. The minimum absolute atomic E-state index is 0.176. The molecule has 0 fully saturated rings. The van der Waals surface area contributed by atoms with Crippen molar-refractivity contribution in [3.63, 3.8) is 0 Å². The van der Waals surface area contributed by atoms with E-state index < -0.39 is 6.04 Å². The van der Waals surface area contributed by atoms with Crippen LogP contribution >= 0.6 is 0 Å². The molecule has 2 aromatic carbocycles. The van der Waals surface area contributed by atoms with Crippen LogP contribution in [-0.4, -0.2) is 36.2 Å². The van der Waals surface area contributed by atoms with E-state index in [1.807, 2.05) is 60.5 Å². The number of nitrogens with zero attached hydrogens (tertiary/aromatic N) is 2. The summed E-state index contributed by atoms with van der Waals surface area (Å²) in [5.41, 5.74) is 1.92. The van der Waals surface area contributed by atoms with E-state index in [1.54, 1.807) is 13.0 Å². The lowest BCUT2D eigenvalue weighted by Crippen LogP contribution is -2.34. The normalized spacial score (nSPS) is 13.9. The number of anilines is 1. The number of fused-ring (bicyclic) bond motifs is 1. The minimum atomic E-state index is -0.499. The minimum Gasteiger partial charge on any atom is -0.486 e. The van der Waals surface area contributed by atoms with Gasteiger partial charge in [0, 0.05) is 12.6 Å². The molecule has 7 nitrogen and oxygen atoms in total. The topological polar surface area (TPSA) is 76.8 Å². The van der Waals surface area contributed by atoms with Crippen LogP contribution in [0.2, 0.25) is 0 Å². The predicted molar refractivity (Wildman–Crippen MR) is 108 cm³/mol. The maximum atomic E-state index is 13.1. The second-order valence-electron chi connectivity index (χ2n) is 7.02. The Balaban J connectivity index is 1.56. The number of benzene rings is 2. The van der Waals surface area contributed by atoms with E-state index in [4.69, 9.17) is 14.0 Å². The van der Waals surface area contributed by atoms with Crippen molar-refractivity contribution in [2.45, 2.75) is 19.5 Å². The van der Waals surface area contributed by atoms with Gasteiger partial charge in [0.2, 0.25) is 5.91 Å². The van der Waals surface area contributed by atoms with Crippen LogP contribution in [0.4, 0.5) is 5.82 Å². The van der Waals surface area contributed by atoms with Gasteiger partial charge in [0.25, 0.3) is 0 Å². The standard InChI is InChI=1S/C22H23N3O4/c1-15-12-20(24-29-15)23-22(26)21(17-6-4-3-5-7-17)25(2)14-16-8-9-18-19(13-16)28-11-10-27-18/h3-9,12-13,21H,10-11,14H2,1-2H3,(H,23,24,26)/t21-/m0/s1. The van der Waals surface area contributed by atoms with Gasteiger partial charge in [0.15, 0.2) is 17.3 Å². The Morgan fingerprint density at radius 1 is 1.10 bits per heavy atom. The summed E-state index contributed by atoms with van der Waals surface area (Å²) in [5, 5.41) is 6.72. The number of hydrogen-bond donors (Lipinski definition) is 1.